The van der Waals surface area contributed by atoms with Crippen LogP contribution in [-0.2, 0) is 0 Å². The fourth-order valence-electron chi connectivity index (χ4n) is 1.11. The second kappa shape index (κ2) is 4.39. The largest absolute Gasteiger partial charge is 0.508 e. The van der Waals surface area contributed by atoms with Crippen molar-refractivity contribution in [2.24, 2.45) is 0 Å². The van der Waals surface area contributed by atoms with E-state index in [0.29, 0.717) is 24.3 Å². The molecule has 0 heterocycles. The average molecular weight is 290 g/mol. The van der Waals surface area contributed by atoms with E-state index in [1.54, 1.807) is 0 Å². The van der Waals surface area contributed by atoms with Crippen LogP contribution in [0.1, 0.15) is 10.4 Å². The molecular weight excluding hydrogens is 285 g/mol. The molecule has 0 aliphatic heterocycles. The number of phenols is 1. The Morgan fingerprint density at radius 2 is 1.32 bits per heavy atom. The molecule has 0 unspecified atom stereocenters. The van der Waals surface area contributed by atoms with Gasteiger partial charge in [-0.15, -0.1) is 0 Å². The molecule has 0 saturated carbocycles. The summed E-state index contributed by atoms with van der Waals surface area (Å²) in [6, 6.07) is 2.43. The molecule has 2 nitrogen and oxygen atoms in total. The smallest absolute Gasteiger partial charge is 0.460 e. The van der Waals surface area contributed by atoms with Crippen LogP contribution in [0.15, 0.2) is 24.3 Å². The first kappa shape index (κ1) is 15.3. The second-order valence-corrected chi connectivity index (χ2v) is 3.52. The molecule has 0 aliphatic rings. The first-order valence-electron chi connectivity index (χ1n) is 4.57. The van der Waals surface area contributed by atoms with Gasteiger partial charge in [0.1, 0.15) is 5.75 Å². The van der Waals surface area contributed by atoms with Crippen LogP contribution in [0.5, 0.6) is 5.75 Å². The van der Waals surface area contributed by atoms with Gasteiger partial charge in [-0.3, -0.25) is 4.79 Å². The van der Waals surface area contributed by atoms with E-state index in [1.807, 2.05) is 0 Å². The number of carbonyl (C=O) groups excluding carboxylic acids is 1. The first-order chi connectivity index (χ1) is 8.41. The standard InChI is InChI=1S/C10H5F7O2/c11-8(12,9(13,14)10(15,16)17)7(19)5-1-3-6(18)4-2-5/h1-4,18H. The molecule has 1 rings (SSSR count). The molecule has 9 heteroatoms. The SMILES string of the molecule is O=C(c1ccc(O)cc1)C(F)(F)C(F)(F)C(F)(F)F. The highest BCUT2D eigenvalue weighted by Gasteiger charge is 2.76. The number of aromatic hydroxyl groups is 1. The number of phenolic OH excluding ortho intramolecular Hbond substituents is 1. The van der Waals surface area contributed by atoms with Crippen LogP contribution in [0.25, 0.3) is 0 Å². The number of ketones is 1. The first-order valence-corrected chi connectivity index (χ1v) is 4.57. The van der Waals surface area contributed by atoms with E-state index in [9.17, 15) is 35.5 Å². The van der Waals surface area contributed by atoms with Crippen LogP contribution in [0, 0.1) is 0 Å². The van der Waals surface area contributed by atoms with E-state index < -0.39 is 35.1 Å². The van der Waals surface area contributed by atoms with Crippen LogP contribution < -0.4 is 0 Å². The van der Waals surface area contributed by atoms with E-state index in [2.05, 4.69) is 0 Å². The summed E-state index contributed by atoms with van der Waals surface area (Å²) in [5, 5.41) is 8.80. The van der Waals surface area contributed by atoms with Crippen LogP contribution >= 0.6 is 0 Å². The van der Waals surface area contributed by atoms with Crippen molar-refractivity contribution in [1.82, 2.24) is 0 Å². The Kier molecular flexibility index (Phi) is 3.53. The van der Waals surface area contributed by atoms with Crippen LogP contribution in [0.2, 0.25) is 0 Å². The molecule has 0 spiro atoms. The van der Waals surface area contributed by atoms with Gasteiger partial charge in [0.05, 0.1) is 0 Å². The molecule has 0 aliphatic carbocycles. The number of benzene rings is 1. The fourth-order valence-corrected chi connectivity index (χ4v) is 1.11. The predicted octanol–water partition coefficient (Wildman–Crippen LogP) is 3.41. The molecule has 0 fully saturated rings. The van der Waals surface area contributed by atoms with E-state index in [1.165, 1.54) is 0 Å². The number of alkyl halides is 7. The minimum atomic E-state index is -6.57. The Bertz CT molecular complexity index is 476. The Hall–Kier alpha value is -1.80. The Labute approximate surface area is 101 Å². The van der Waals surface area contributed by atoms with E-state index >= 15 is 0 Å². The lowest BCUT2D eigenvalue weighted by atomic mass is 10.00. The van der Waals surface area contributed by atoms with Crippen molar-refractivity contribution in [2.75, 3.05) is 0 Å². The lowest BCUT2D eigenvalue weighted by molar-refractivity contribution is -0.339. The number of carbonyl (C=O) groups is 1. The van der Waals surface area contributed by atoms with Gasteiger partial charge >= 0.3 is 18.0 Å². The topological polar surface area (TPSA) is 37.3 Å². The van der Waals surface area contributed by atoms with E-state index in [0.717, 1.165) is 0 Å². The van der Waals surface area contributed by atoms with Crippen LogP contribution in [0.4, 0.5) is 30.7 Å². The molecule has 0 amide bonds. The predicted molar refractivity (Wildman–Crippen MR) is 48.4 cm³/mol. The highest BCUT2D eigenvalue weighted by molar-refractivity contribution is 6.02. The normalized spacial score (nSPS) is 13.4. The van der Waals surface area contributed by atoms with Crippen molar-refractivity contribution in [1.29, 1.82) is 0 Å². The summed E-state index contributed by atoms with van der Waals surface area (Å²) < 4.78 is 86.7. The number of hydrogen-bond donors (Lipinski definition) is 1. The van der Waals surface area contributed by atoms with Gasteiger partial charge in [-0.2, -0.15) is 30.7 Å². The van der Waals surface area contributed by atoms with Gasteiger partial charge in [0.25, 0.3) is 0 Å². The van der Waals surface area contributed by atoms with Gasteiger partial charge < -0.3 is 5.11 Å². The van der Waals surface area contributed by atoms with Crippen molar-refractivity contribution in [3.8, 4) is 5.75 Å². The maximum atomic E-state index is 13.0. The molecule has 0 bridgehead atoms. The highest BCUT2D eigenvalue weighted by Crippen LogP contribution is 2.47. The van der Waals surface area contributed by atoms with Crippen molar-refractivity contribution < 1.29 is 40.6 Å². The molecule has 1 aromatic rings. The molecule has 1 aromatic carbocycles. The molecule has 0 radical (unpaired) electrons. The van der Waals surface area contributed by atoms with Crippen molar-refractivity contribution >= 4 is 5.78 Å². The summed E-state index contributed by atoms with van der Waals surface area (Å²) in [7, 11) is 0. The maximum absolute atomic E-state index is 13.0. The lowest BCUT2D eigenvalue weighted by Crippen LogP contribution is -2.56. The molecular formula is C10H5F7O2. The fraction of sp³-hybridized carbons (Fsp3) is 0.300. The molecule has 0 saturated heterocycles. The van der Waals surface area contributed by atoms with Crippen molar-refractivity contribution in [3.05, 3.63) is 29.8 Å². The van der Waals surface area contributed by atoms with E-state index in [-0.39, 0.29) is 0 Å². The van der Waals surface area contributed by atoms with Crippen LogP contribution in [0.3, 0.4) is 0 Å². The van der Waals surface area contributed by atoms with Gasteiger partial charge in [-0.25, -0.2) is 0 Å². The minimum Gasteiger partial charge on any atom is -0.508 e. The summed E-state index contributed by atoms with van der Waals surface area (Å²) in [5.41, 5.74) is -1.08. The van der Waals surface area contributed by atoms with Gasteiger partial charge in [-0.05, 0) is 24.3 Å². The minimum absolute atomic E-state index is 0.470. The molecule has 19 heavy (non-hydrogen) atoms. The highest BCUT2D eigenvalue weighted by atomic mass is 19.4. The monoisotopic (exact) mass is 290 g/mol. The average Bonchev–Trinajstić information content (AvgIpc) is 2.27. The maximum Gasteiger partial charge on any atom is 0.460 e. The van der Waals surface area contributed by atoms with Crippen LogP contribution in [-0.4, -0.2) is 28.9 Å². The Morgan fingerprint density at radius 1 is 0.895 bits per heavy atom. The van der Waals surface area contributed by atoms with Gasteiger partial charge in [0.15, 0.2) is 0 Å². The number of rotatable bonds is 3. The molecule has 0 atom stereocenters. The summed E-state index contributed by atoms with van der Waals surface area (Å²) in [5.74, 6) is -15.6. The molecule has 106 valence electrons. The zero-order valence-corrected chi connectivity index (χ0v) is 8.81. The van der Waals surface area contributed by atoms with Gasteiger partial charge in [0.2, 0.25) is 5.78 Å². The number of Topliss-reactive ketones (excluding diaryl/α,β-unsaturated/α-hetero) is 1. The molecule has 0 aromatic heterocycles. The number of hydrogen-bond acceptors (Lipinski definition) is 2. The van der Waals surface area contributed by atoms with Gasteiger partial charge in [0, 0.05) is 5.56 Å². The summed E-state index contributed by atoms with van der Waals surface area (Å²) in [6.45, 7) is 0. The third-order valence-electron chi connectivity index (χ3n) is 2.17. The van der Waals surface area contributed by atoms with E-state index in [4.69, 9.17) is 5.11 Å². The third-order valence-corrected chi connectivity index (χ3v) is 2.17. The second-order valence-electron chi connectivity index (χ2n) is 3.52. The molecule has 1 N–H and O–H groups in total. The zero-order valence-electron chi connectivity index (χ0n) is 8.81. The summed E-state index contributed by atoms with van der Waals surface area (Å²) >= 11 is 0. The quantitative estimate of drug-likeness (QED) is 0.684. The Balaban J connectivity index is 3.20. The summed E-state index contributed by atoms with van der Waals surface area (Å²) in [4.78, 5) is 11.1. The van der Waals surface area contributed by atoms with Crippen molar-refractivity contribution in [2.45, 2.75) is 18.0 Å². The third kappa shape index (κ3) is 2.49. The summed E-state index contributed by atoms with van der Waals surface area (Å²) in [6.07, 6.45) is -6.57. The van der Waals surface area contributed by atoms with Crippen molar-refractivity contribution in [3.63, 3.8) is 0 Å². The van der Waals surface area contributed by atoms with Gasteiger partial charge in [-0.1, -0.05) is 0 Å². The zero-order chi connectivity index (χ0) is 15.1. The number of halogens is 7. The lowest BCUT2D eigenvalue weighted by Gasteiger charge is -2.26. The Morgan fingerprint density at radius 3 is 1.68 bits per heavy atom.